The molecule has 1 heterocycles. The van der Waals surface area contributed by atoms with Gasteiger partial charge in [-0.1, -0.05) is 29.8 Å². The molecule has 0 saturated heterocycles. The Hall–Kier alpha value is -2.35. The Morgan fingerprint density at radius 2 is 2.00 bits per heavy atom. The Labute approximate surface area is 156 Å². The highest BCUT2D eigenvalue weighted by Gasteiger charge is 2.19. The van der Waals surface area contributed by atoms with Crippen LogP contribution in [0.25, 0.3) is 10.9 Å². The number of ether oxygens (including phenoxy) is 1. The summed E-state index contributed by atoms with van der Waals surface area (Å²) < 4.78 is 32.1. The Bertz CT molecular complexity index is 1060. The van der Waals surface area contributed by atoms with Crippen LogP contribution in [-0.4, -0.2) is 33.0 Å². The third-order valence-corrected chi connectivity index (χ3v) is 5.95. The second-order valence-electron chi connectivity index (χ2n) is 5.64. The van der Waals surface area contributed by atoms with Crippen molar-refractivity contribution < 1.29 is 17.9 Å². The molecule has 0 amide bonds. The fourth-order valence-corrected chi connectivity index (χ4v) is 4.27. The molecule has 2 aromatic carbocycles. The zero-order valence-corrected chi connectivity index (χ0v) is 15.5. The highest BCUT2D eigenvalue weighted by molar-refractivity contribution is 7.89. The van der Waals surface area contributed by atoms with Gasteiger partial charge in [0.1, 0.15) is 4.90 Å². The van der Waals surface area contributed by atoms with Crippen LogP contribution in [-0.2, 0) is 21.2 Å². The summed E-state index contributed by atoms with van der Waals surface area (Å²) in [5, 5.41) is 1.03. The lowest BCUT2D eigenvalue weighted by atomic mass is 10.1. The van der Waals surface area contributed by atoms with Crippen molar-refractivity contribution in [3.63, 3.8) is 0 Å². The number of esters is 1. The Kier molecular flexibility index (Phi) is 5.31. The maximum absolute atomic E-state index is 12.5. The number of benzene rings is 2. The topological polar surface area (TPSA) is 88.3 Å². The second-order valence-corrected chi connectivity index (χ2v) is 7.79. The number of carbonyl (C=O) groups is 1. The number of fused-ring (bicyclic) bond motifs is 1. The molecule has 0 atom stereocenters. The molecule has 136 valence electrons. The molecule has 3 rings (SSSR count). The van der Waals surface area contributed by atoms with Gasteiger partial charge in [0.25, 0.3) is 0 Å². The first kappa shape index (κ1) is 18.4. The number of aromatic amines is 1. The quantitative estimate of drug-likeness (QED) is 0.631. The molecule has 0 radical (unpaired) electrons. The molecule has 0 unspecified atom stereocenters. The smallest absolute Gasteiger partial charge is 0.337 e. The lowest BCUT2D eigenvalue weighted by Crippen LogP contribution is -2.26. The summed E-state index contributed by atoms with van der Waals surface area (Å²) in [5.41, 5.74) is 2.22. The minimum absolute atomic E-state index is 0.0347. The zero-order valence-electron chi connectivity index (χ0n) is 14.0. The van der Waals surface area contributed by atoms with Crippen LogP contribution in [0.4, 0.5) is 0 Å². The predicted octanol–water partition coefficient (Wildman–Crippen LogP) is 3.13. The number of hydrogen-bond acceptors (Lipinski definition) is 4. The number of aromatic nitrogens is 1. The number of hydrogen-bond donors (Lipinski definition) is 2. The number of para-hydroxylation sites is 1. The van der Waals surface area contributed by atoms with E-state index in [2.05, 4.69) is 14.4 Å². The average Bonchev–Trinajstić information content (AvgIpc) is 3.04. The summed E-state index contributed by atoms with van der Waals surface area (Å²) >= 11 is 6.04. The first-order valence-corrected chi connectivity index (χ1v) is 9.71. The molecule has 2 N–H and O–H groups in total. The van der Waals surface area contributed by atoms with E-state index >= 15 is 0 Å². The van der Waals surface area contributed by atoms with Crippen LogP contribution < -0.4 is 4.72 Å². The number of carbonyl (C=O) groups excluding carboxylic acids is 1. The van der Waals surface area contributed by atoms with Crippen LogP contribution in [0.5, 0.6) is 0 Å². The molecule has 1 aromatic heterocycles. The van der Waals surface area contributed by atoms with E-state index in [4.69, 9.17) is 11.6 Å². The molecule has 0 fully saturated rings. The van der Waals surface area contributed by atoms with Crippen LogP contribution in [0, 0.1) is 0 Å². The van der Waals surface area contributed by atoms with Crippen LogP contribution in [0.15, 0.2) is 53.6 Å². The van der Waals surface area contributed by atoms with E-state index in [1.165, 1.54) is 25.3 Å². The zero-order chi connectivity index (χ0) is 18.7. The fourth-order valence-electron chi connectivity index (χ4n) is 2.70. The van der Waals surface area contributed by atoms with Crippen LogP contribution in [0.2, 0.25) is 5.02 Å². The van der Waals surface area contributed by atoms with Crippen LogP contribution in [0.3, 0.4) is 0 Å². The van der Waals surface area contributed by atoms with E-state index in [1.807, 2.05) is 30.5 Å². The largest absolute Gasteiger partial charge is 0.465 e. The molecule has 0 saturated carbocycles. The van der Waals surface area contributed by atoms with Crippen molar-refractivity contribution in [3.8, 4) is 0 Å². The first-order valence-electron chi connectivity index (χ1n) is 7.85. The van der Waals surface area contributed by atoms with E-state index in [9.17, 15) is 13.2 Å². The standard InChI is InChI=1S/C18H17ClN2O4S/c1-25-18(22)12-6-7-17(15(19)10-12)26(23,24)21-9-8-13-11-20-16-5-3-2-4-14(13)16/h2-7,10-11,20-21H,8-9H2,1H3. The molecule has 8 heteroatoms. The van der Waals surface area contributed by atoms with E-state index in [1.54, 1.807) is 0 Å². The molecular formula is C18H17ClN2O4S. The first-order chi connectivity index (χ1) is 12.4. The van der Waals surface area contributed by atoms with E-state index in [0.29, 0.717) is 6.42 Å². The average molecular weight is 393 g/mol. The molecule has 26 heavy (non-hydrogen) atoms. The van der Waals surface area contributed by atoms with Crippen LogP contribution >= 0.6 is 11.6 Å². The molecule has 0 bridgehead atoms. The van der Waals surface area contributed by atoms with E-state index in [0.717, 1.165) is 16.5 Å². The molecule has 3 aromatic rings. The Balaban J connectivity index is 1.72. The summed E-state index contributed by atoms with van der Waals surface area (Å²) in [5.74, 6) is -0.580. The molecule has 0 aliphatic carbocycles. The molecule has 0 aliphatic heterocycles. The number of sulfonamides is 1. The van der Waals surface area contributed by atoms with Gasteiger partial charge in [-0.05, 0) is 36.2 Å². The van der Waals surface area contributed by atoms with Gasteiger partial charge in [-0.3, -0.25) is 0 Å². The van der Waals surface area contributed by atoms with Crippen molar-refractivity contribution >= 4 is 38.5 Å². The van der Waals surface area contributed by atoms with Crippen molar-refractivity contribution in [2.45, 2.75) is 11.3 Å². The summed E-state index contributed by atoms with van der Waals surface area (Å²) in [6.07, 6.45) is 2.40. The second kappa shape index (κ2) is 7.49. The monoisotopic (exact) mass is 392 g/mol. The summed E-state index contributed by atoms with van der Waals surface area (Å²) in [6, 6.07) is 11.8. The minimum Gasteiger partial charge on any atom is -0.465 e. The maximum atomic E-state index is 12.5. The lowest BCUT2D eigenvalue weighted by Gasteiger charge is -2.09. The predicted molar refractivity (Wildman–Crippen MR) is 100.0 cm³/mol. The van der Waals surface area contributed by atoms with Gasteiger partial charge in [0, 0.05) is 23.6 Å². The lowest BCUT2D eigenvalue weighted by molar-refractivity contribution is 0.0600. The SMILES string of the molecule is COC(=O)c1ccc(S(=O)(=O)NCCc2c[nH]c3ccccc23)c(Cl)c1. The number of rotatable bonds is 6. The van der Waals surface area contributed by atoms with Crippen molar-refractivity contribution in [2.75, 3.05) is 13.7 Å². The summed E-state index contributed by atoms with van der Waals surface area (Å²) in [4.78, 5) is 14.6. The van der Waals surface area contributed by atoms with Crippen LogP contribution in [0.1, 0.15) is 15.9 Å². The van der Waals surface area contributed by atoms with E-state index < -0.39 is 16.0 Å². The minimum atomic E-state index is -3.79. The van der Waals surface area contributed by atoms with Gasteiger partial charge in [-0.25, -0.2) is 17.9 Å². The Morgan fingerprint density at radius 1 is 1.23 bits per heavy atom. The number of H-pyrrole nitrogens is 1. The summed E-state index contributed by atoms with van der Waals surface area (Å²) in [6.45, 7) is 0.221. The third-order valence-electron chi connectivity index (χ3n) is 4.00. The number of nitrogens with one attached hydrogen (secondary N) is 2. The Morgan fingerprint density at radius 3 is 2.73 bits per heavy atom. The molecule has 0 aliphatic rings. The van der Waals surface area contributed by atoms with Gasteiger partial charge in [0.05, 0.1) is 17.7 Å². The van der Waals surface area contributed by atoms with Crippen molar-refractivity contribution in [1.29, 1.82) is 0 Å². The summed E-state index contributed by atoms with van der Waals surface area (Å²) in [7, 11) is -2.55. The normalized spacial score (nSPS) is 11.6. The fraction of sp³-hybridized carbons (Fsp3) is 0.167. The van der Waals surface area contributed by atoms with Gasteiger partial charge >= 0.3 is 5.97 Å². The van der Waals surface area contributed by atoms with Crippen molar-refractivity contribution in [1.82, 2.24) is 9.71 Å². The molecule has 0 spiro atoms. The van der Waals surface area contributed by atoms with Gasteiger partial charge < -0.3 is 9.72 Å². The highest BCUT2D eigenvalue weighted by Crippen LogP contribution is 2.23. The maximum Gasteiger partial charge on any atom is 0.337 e. The van der Waals surface area contributed by atoms with Gasteiger partial charge in [0.15, 0.2) is 0 Å². The van der Waals surface area contributed by atoms with Gasteiger partial charge in [-0.2, -0.15) is 0 Å². The van der Waals surface area contributed by atoms with Gasteiger partial charge in [-0.15, -0.1) is 0 Å². The van der Waals surface area contributed by atoms with E-state index in [-0.39, 0.29) is 22.0 Å². The molecule has 6 nitrogen and oxygen atoms in total. The number of methoxy groups -OCH3 is 1. The van der Waals surface area contributed by atoms with Gasteiger partial charge in [0.2, 0.25) is 10.0 Å². The van der Waals surface area contributed by atoms with Crippen molar-refractivity contribution in [3.05, 3.63) is 64.8 Å². The van der Waals surface area contributed by atoms with Crippen molar-refractivity contribution in [2.24, 2.45) is 0 Å². The third kappa shape index (κ3) is 3.75. The molecular weight excluding hydrogens is 376 g/mol. The number of halogens is 1. The highest BCUT2D eigenvalue weighted by atomic mass is 35.5.